The normalized spacial score (nSPS) is 18.5. The summed E-state index contributed by atoms with van der Waals surface area (Å²) in [6.07, 6.45) is 1.29. The van der Waals surface area contributed by atoms with Gasteiger partial charge in [0.05, 0.1) is 12.1 Å². The van der Waals surface area contributed by atoms with Crippen molar-refractivity contribution in [3.63, 3.8) is 0 Å². The van der Waals surface area contributed by atoms with Crippen molar-refractivity contribution in [3.8, 4) is 5.75 Å². The van der Waals surface area contributed by atoms with E-state index < -0.39 is 6.09 Å². The monoisotopic (exact) mass is 304 g/mol. The van der Waals surface area contributed by atoms with Crippen LogP contribution in [-0.4, -0.2) is 40.4 Å². The molecule has 0 saturated carbocycles. The summed E-state index contributed by atoms with van der Waals surface area (Å²) in [6.45, 7) is 2.37. The van der Waals surface area contributed by atoms with Gasteiger partial charge >= 0.3 is 6.09 Å². The Morgan fingerprint density at radius 2 is 2.41 bits per heavy atom. The summed E-state index contributed by atoms with van der Waals surface area (Å²) in [7, 11) is 0. The number of aliphatic hydroxyl groups is 1. The van der Waals surface area contributed by atoms with Gasteiger partial charge in [0.1, 0.15) is 11.3 Å². The van der Waals surface area contributed by atoms with Crippen LogP contribution < -0.4 is 15.8 Å². The molecule has 1 aliphatic heterocycles. The fraction of sp³-hybridized carbons (Fsp3) is 0.467. The molecule has 1 aliphatic rings. The molecular formula is C15H20N4O3. The minimum Gasteiger partial charge on any atom is -0.408 e. The van der Waals surface area contributed by atoms with Gasteiger partial charge in [0.25, 0.3) is 0 Å². The molecule has 3 rings (SSSR count). The number of hydrogen-bond donors (Lipinski definition) is 3. The predicted octanol–water partition coefficient (Wildman–Crippen LogP) is 0.953. The van der Waals surface area contributed by atoms with Crippen LogP contribution in [0.4, 0.5) is 4.79 Å². The van der Waals surface area contributed by atoms with Crippen LogP contribution in [0, 0.1) is 0 Å². The van der Waals surface area contributed by atoms with E-state index in [-0.39, 0.29) is 12.5 Å². The first-order chi connectivity index (χ1) is 10.7. The third-order valence-electron chi connectivity index (χ3n) is 3.97. The van der Waals surface area contributed by atoms with Gasteiger partial charge in [-0.2, -0.15) is 0 Å². The van der Waals surface area contributed by atoms with E-state index in [0.717, 1.165) is 37.3 Å². The number of para-hydroxylation sites is 1. The number of primary amides is 1. The molecule has 118 valence electrons. The Morgan fingerprint density at radius 3 is 3.09 bits per heavy atom. The van der Waals surface area contributed by atoms with Crippen molar-refractivity contribution in [1.29, 1.82) is 0 Å². The van der Waals surface area contributed by atoms with Crippen LogP contribution in [-0.2, 0) is 6.54 Å². The number of nitrogens with zero attached hydrogens (tertiary/aromatic N) is 2. The van der Waals surface area contributed by atoms with Crippen molar-refractivity contribution >= 4 is 17.1 Å². The molecule has 1 aromatic carbocycles. The van der Waals surface area contributed by atoms with Gasteiger partial charge < -0.3 is 25.5 Å². The van der Waals surface area contributed by atoms with E-state index in [9.17, 15) is 9.90 Å². The van der Waals surface area contributed by atoms with Gasteiger partial charge in [-0.3, -0.25) is 0 Å². The molecule has 0 radical (unpaired) electrons. The second kappa shape index (κ2) is 6.33. The highest BCUT2D eigenvalue weighted by Crippen LogP contribution is 2.31. The van der Waals surface area contributed by atoms with Gasteiger partial charge in [-0.25, -0.2) is 9.78 Å². The number of amides is 1. The lowest BCUT2D eigenvalue weighted by molar-refractivity contribution is 0.211. The number of hydrogen-bond acceptors (Lipinski definition) is 5. The third kappa shape index (κ3) is 2.77. The van der Waals surface area contributed by atoms with E-state index >= 15 is 0 Å². The molecule has 1 unspecified atom stereocenters. The number of piperidine rings is 1. The van der Waals surface area contributed by atoms with Gasteiger partial charge in [-0.15, -0.1) is 0 Å². The van der Waals surface area contributed by atoms with Crippen LogP contribution in [0.3, 0.4) is 0 Å². The second-order valence-corrected chi connectivity index (χ2v) is 5.43. The molecule has 22 heavy (non-hydrogen) atoms. The highest BCUT2D eigenvalue weighted by molar-refractivity contribution is 5.85. The highest BCUT2D eigenvalue weighted by Gasteiger charge is 2.23. The molecule has 0 spiro atoms. The minimum absolute atomic E-state index is 0.0273. The van der Waals surface area contributed by atoms with Crippen LogP contribution in [0.2, 0.25) is 0 Å². The number of carbonyl (C=O) groups excluding carboxylic acids is 1. The SMILES string of the molecule is NC(=O)Oc1cccc2c1nc(C1CCCNC1)n2CCO. The lowest BCUT2D eigenvalue weighted by atomic mass is 9.99. The van der Waals surface area contributed by atoms with E-state index in [1.54, 1.807) is 12.1 Å². The quantitative estimate of drug-likeness (QED) is 0.780. The van der Waals surface area contributed by atoms with Crippen molar-refractivity contribution in [2.24, 2.45) is 5.73 Å². The zero-order valence-corrected chi connectivity index (χ0v) is 12.3. The summed E-state index contributed by atoms with van der Waals surface area (Å²) in [5, 5.41) is 12.7. The first kappa shape index (κ1) is 14.8. The van der Waals surface area contributed by atoms with Crippen molar-refractivity contribution < 1.29 is 14.6 Å². The number of rotatable bonds is 4. The van der Waals surface area contributed by atoms with Gasteiger partial charge in [-0.1, -0.05) is 6.07 Å². The molecule has 1 saturated heterocycles. The molecule has 7 heteroatoms. The summed E-state index contributed by atoms with van der Waals surface area (Å²) in [5.41, 5.74) is 6.56. The zero-order chi connectivity index (χ0) is 15.5. The minimum atomic E-state index is -0.856. The summed E-state index contributed by atoms with van der Waals surface area (Å²) >= 11 is 0. The number of ether oxygens (including phenoxy) is 1. The molecule has 1 atom stereocenters. The Hall–Kier alpha value is -2.12. The van der Waals surface area contributed by atoms with E-state index in [4.69, 9.17) is 10.5 Å². The van der Waals surface area contributed by atoms with Gasteiger partial charge in [-0.05, 0) is 31.5 Å². The molecule has 0 aliphatic carbocycles. The summed E-state index contributed by atoms with van der Waals surface area (Å²) in [5.74, 6) is 1.55. The maximum Gasteiger partial charge on any atom is 0.410 e. The first-order valence-electron chi connectivity index (χ1n) is 7.48. The van der Waals surface area contributed by atoms with Gasteiger partial charge in [0, 0.05) is 19.0 Å². The molecule has 2 heterocycles. The molecule has 7 nitrogen and oxygen atoms in total. The van der Waals surface area contributed by atoms with E-state index in [0.29, 0.717) is 17.8 Å². The number of aliphatic hydroxyl groups excluding tert-OH is 1. The molecule has 1 aromatic heterocycles. The lowest BCUT2D eigenvalue weighted by Gasteiger charge is -2.23. The van der Waals surface area contributed by atoms with Crippen LogP contribution in [0.5, 0.6) is 5.75 Å². The van der Waals surface area contributed by atoms with Crippen molar-refractivity contribution in [2.45, 2.75) is 25.3 Å². The number of imidazole rings is 1. The standard InChI is InChI=1S/C15H20N4O3/c16-15(21)22-12-5-1-4-11-13(12)18-14(19(11)7-8-20)10-3-2-6-17-9-10/h1,4-5,10,17,20H,2-3,6-9H2,(H2,16,21). The number of nitrogens with one attached hydrogen (secondary N) is 1. The Labute approximate surface area is 128 Å². The summed E-state index contributed by atoms with van der Waals surface area (Å²) in [6, 6.07) is 5.37. The van der Waals surface area contributed by atoms with Crippen molar-refractivity contribution in [1.82, 2.24) is 14.9 Å². The van der Waals surface area contributed by atoms with E-state index in [1.807, 2.05) is 10.6 Å². The van der Waals surface area contributed by atoms with E-state index in [2.05, 4.69) is 10.3 Å². The number of nitrogens with two attached hydrogens (primary N) is 1. The maximum atomic E-state index is 11.0. The number of fused-ring (bicyclic) bond motifs is 1. The Balaban J connectivity index is 2.09. The number of aromatic nitrogens is 2. The molecule has 0 bridgehead atoms. The Bertz CT molecular complexity index is 677. The van der Waals surface area contributed by atoms with E-state index in [1.165, 1.54) is 0 Å². The summed E-state index contributed by atoms with van der Waals surface area (Å²) < 4.78 is 7.05. The van der Waals surface area contributed by atoms with Gasteiger partial charge in [0.15, 0.2) is 5.75 Å². The number of carbonyl (C=O) groups is 1. The molecule has 1 fully saturated rings. The Kier molecular flexibility index (Phi) is 4.26. The smallest absolute Gasteiger partial charge is 0.408 e. The van der Waals surface area contributed by atoms with Crippen LogP contribution in [0.1, 0.15) is 24.6 Å². The fourth-order valence-corrected chi connectivity index (χ4v) is 3.05. The average molecular weight is 304 g/mol. The highest BCUT2D eigenvalue weighted by atomic mass is 16.5. The maximum absolute atomic E-state index is 11.0. The van der Waals surface area contributed by atoms with Crippen LogP contribution >= 0.6 is 0 Å². The number of benzene rings is 1. The second-order valence-electron chi connectivity index (χ2n) is 5.43. The van der Waals surface area contributed by atoms with Crippen molar-refractivity contribution in [3.05, 3.63) is 24.0 Å². The average Bonchev–Trinajstić information content (AvgIpc) is 2.88. The topological polar surface area (TPSA) is 102 Å². The fourth-order valence-electron chi connectivity index (χ4n) is 3.05. The van der Waals surface area contributed by atoms with Crippen molar-refractivity contribution in [2.75, 3.05) is 19.7 Å². The molecule has 4 N–H and O–H groups in total. The predicted molar refractivity (Wildman–Crippen MR) is 81.9 cm³/mol. The van der Waals surface area contributed by atoms with Crippen LogP contribution in [0.25, 0.3) is 11.0 Å². The summed E-state index contributed by atoms with van der Waals surface area (Å²) in [4.78, 5) is 15.7. The molecule has 1 amide bonds. The zero-order valence-electron chi connectivity index (χ0n) is 12.3. The van der Waals surface area contributed by atoms with Crippen LogP contribution in [0.15, 0.2) is 18.2 Å². The third-order valence-corrected chi connectivity index (χ3v) is 3.97. The lowest BCUT2D eigenvalue weighted by Crippen LogP contribution is -2.30. The Morgan fingerprint density at radius 1 is 1.55 bits per heavy atom. The molecular weight excluding hydrogens is 284 g/mol. The molecule has 2 aromatic rings. The van der Waals surface area contributed by atoms with Gasteiger partial charge in [0.2, 0.25) is 0 Å². The first-order valence-corrected chi connectivity index (χ1v) is 7.48. The largest absolute Gasteiger partial charge is 0.410 e.